The number of aromatic nitrogens is 5. The van der Waals surface area contributed by atoms with Crippen LogP contribution in [-0.4, -0.2) is 37.2 Å². The molecule has 0 amide bonds. The summed E-state index contributed by atoms with van der Waals surface area (Å²) in [6, 6.07) is 17.7. The maximum Gasteiger partial charge on any atom is 0.252 e. The summed E-state index contributed by atoms with van der Waals surface area (Å²) in [5.74, 6) is 2.22. The minimum absolute atomic E-state index is 0.104. The topological polar surface area (TPSA) is 102 Å². The summed E-state index contributed by atoms with van der Waals surface area (Å²) in [4.78, 5) is 18.3. The minimum Gasteiger partial charge on any atom is -0.496 e. The van der Waals surface area contributed by atoms with Gasteiger partial charge < -0.3 is 14.1 Å². The zero-order chi connectivity index (χ0) is 25.1. The van der Waals surface area contributed by atoms with Gasteiger partial charge in [-0.1, -0.05) is 24.3 Å². The Labute approximate surface area is 208 Å². The Balaban J connectivity index is 1.49. The summed E-state index contributed by atoms with van der Waals surface area (Å²) >= 11 is 0. The molecule has 0 unspecified atom stereocenters. The number of methoxy groups -OCH3 is 1. The fraction of sp³-hybridized carbons (Fsp3) is 0.259. The number of para-hydroxylation sites is 1. The van der Waals surface area contributed by atoms with Crippen LogP contribution in [0.15, 0.2) is 70.1 Å². The second kappa shape index (κ2) is 10.2. The maximum atomic E-state index is 13.1. The van der Waals surface area contributed by atoms with Gasteiger partial charge in [0.25, 0.3) is 5.56 Å². The molecule has 0 aliphatic rings. The number of H-pyrrole nitrogens is 1. The smallest absolute Gasteiger partial charge is 0.252 e. The third-order valence-corrected chi connectivity index (χ3v) is 6.23. The van der Waals surface area contributed by atoms with E-state index in [0.29, 0.717) is 37.6 Å². The Bertz CT molecular complexity index is 1540. The van der Waals surface area contributed by atoms with Gasteiger partial charge in [-0.2, -0.15) is 0 Å². The minimum atomic E-state index is -0.104. The largest absolute Gasteiger partial charge is 0.496 e. The van der Waals surface area contributed by atoms with Crippen molar-refractivity contribution in [1.29, 1.82) is 0 Å². The molecule has 0 radical (unpaired) electrons. The van der Waals surface area contributed by atoms with Crippen molar-refractivity contribution in [2.75, 3.05) is 7.11 Å². The van der Waals surface area contributed by atoms with Crippen molar-refractivity contribution in [2.45, 2.75) is 40.0 Å². The van der Waals surface area contributed by atoms with Crippen LogP contribution < -0.4 is 10.3 Å². The van der Waals surface area contributed by atoms with Crippen LogP contribution in [0.25, 0.3) is 10.9 Å². The highest BCUT2D eigenvalue weighted by molar-refractivity contribution is 5.83. The van der Waals surface area contributed by atoms with E-state index < -0.39 is 0 Å². The molecular formula is C27H28N6O3. The van der Waals surface area contributed by atoms with Crippen molar-refractivity contribution >= 4 is 10.9 Å². The van der Waals surface area contributed by atoms with Gasteiger partial charge in [-0.25, -0.2) is 4.68 Å². The number of furan rings is 1. The van der Waals surface area contributed by atoms with E-state index in [9.17, 15) is 4.79 Å². The lowest BCUT2D eigenvalue weighted by molar-refractivity contribution is 0.232. The van der Waals surface area contributed by atoms with Gasteiger partial charge in [0.15, 0.2) is 5.82 Å². The van der Waals surface area contributed by atoms with Crippen LogP contribution in [0.5, 0.6) is 5.75 Å². The Morgan fingerprint density at radius 1 is 1.03 bits per heavy atom. The Hall–Kier alpha value is -4.24. The number of nitrogens with zero attached hydrogens (tertiary/aromatic N) is 5. The molecule has 9 nitrogen and oxygen atoms in total. The summed E-state index contributed by atoms with van der Waals surface area (Å²) in [7, 11) is 1.66. The summed E-state index contributed by atoms with van der Waals surface area (Å²) in [6.45, 7) is 5.89. The first kappa shape index (κ1) is 23.5. The van der Waals surface area contributed by atoms with E-state index in [1.165, 1.54) is 0 Å². The lowest BCUT2D eigenvalue weighted by Gasteiger charge is -2.23. The Morgan fingerprint density at radius 2 is 1.86 bits per heavy atom. The van der Waals surface area contributed by atoms with Crippen molar-refractivity contribution in [1.82, 2.24) is 30.1 Å². The van der Waals surface area contributed by atoms with Gasteiger partial charge in [0.1, 0.15) is 18.1 Å². The van der Waals surface area contributed by atoms with Gasteiger partial charge in [0, 0.05) is 35.1 Å². The maximum absolute atomic E-state index is 13.1. The van der Waals surface area contributed by atoms with Gasteiger partial charge >= 0.3 is 0 Å². The van der Waals surface area contributed by atoms with Gasteiger partial charge in [0.2, 0.25) is 0 Å². The SMILES string of the molecule is COc1ccccc1CN(Cc1cc2c(C)cc(C)cc2[nH]c1=O)Cc1nnnn1Cc1ccco1. The lowest BCUT2D eigenvalue weighted by atomic mass is 10.0. The standard InChI is InChI=1S/C27H28N6O3/c1-18-11-19(2)23-13-21(27(34)28-24(23)12-18)15-32(14-20-7-4-5-9-25(20)35-3)17-26-29-30-31-33(26)16-22-8-6-10-36-22/h4-13H,14-17H2,1-3H3,(H,28,34). The third-order valence-electron chi connectivity index (χ3n) is 6.23. The molecule has 184 valence electrons. The number of benzene rings is 2. The predicted octanol–water partition coefficient (Wildman–Crippen LogP) is 3.98. The number of aromatic amines is 1. The summed E-state index contributed by atoms with van der Waals surface area (Å²) in [6.07, 6.45) is 1.63. The lowest BCUT2D eigenvalue weighted by Crippen LogP contribution is -2.28. The van der Waals surface area contributed by atoms with Crippen molar-refractivity contribution in [3.63, 3.8) is 0 Å². The number of tetrazole rings is 1. The molecular weight excluding hydrogens is 456 g/mol. The van der Waals surface area contributed by atoms with Crippen LogP contribution in [0.3, 0.4) is 0 Å². The number of hydrogen-bond donors (Lipinski definition) is 1. The molecule has 36 heavy (non-hydrogen) atoms. The quantitative estimate of drug-likeness (QED) is 0.338. The van der Waals surface area contributed by atoms with E-state index >= 15 is 0 Å². The molecule has 0 bridgehead atoms. The highest BCUT2D eigenvalue weighted by Gasteiger charge is 2.18. The molecule has 3 heterocycles. The van der Waals surface area contributed by atoms with Gasteiger partial charge in [-0.05, 0) is 65.7 Å². The first-order chi connectivity index (χ1) is 17.5. The zero-order valence-corrected chi connectivity index (χ0v) is 20.6. The number of pyridine rings is 1. The monoisotopic (exact) mass is 484 g/mol. The van der Waals surface area contributed by atoms with Crippen molar-refractivity contribution in [3.05, 3.63) is 105 Å². The number of nitrogens with one attached hydrogen (secondary N) is 1. The average Bonchev–Trinajstić information content (AvgIpc) is 3.53. The molecule has 1 N–H and O–H groups in total. The molecule has 0 aliphatic carbocycles. The molecule has 3 aromatic heterocycles. The first-order valence-electron chi connectivity index (χ1n) is 11.7. The molecule has 0 saturated heterocycles. The first-order valence-corrected chi connectivity index (χ1v) is 11.7. The summed E-state index contributed by atoms with van der Waals surface area (Å²) in [5.41, 5.74) is 4.67. The van der Waals surface area contributed by atoms with Crippen LogP contribution in [0.2, 0.25) is 0 Å². The van der Waals surface area contributed by atoms with Crippen LogP contribution in [0.4, 0.5) is 0 Å². The van der Waals surface area contributed by atoms with Crippen LogP contribution in [0, 0.1) is 13.8 Å². The molecule has 0 fully saturated rings. The molecule has 0 atom stereocenters. The van der Waals surface area contributed by atoms with E-state index in [0.717, 1.165) is 39.1 Å². The van der Waals surface area contributed by atoms with Crippen molar-refractivity contribution < 1.29 is 9.15 Å². The van der Waals surface area contributed by atoms with E-state index in [-0.39, 0.29) is 5.56 Å². The van der Waals surface area contributed by atoms with E-state index in [2.05, 4.69) is 38.4 Å². The number of ether oxygens (including phenoxy) is 1. The van der Waals surface area contributed by atoms with E-state index in [1.807, 2.05) is 55.5 Å². The molecule has 0 aliphatic heterocycles. The second-order valence-electron chi connectivity index (χ2n) is 8.96. The van der Waals surface area contributed by atoms with Crippen molar-refractivity contribution in [3.8, 4) is 5.75 Å². The molecule has 2 aromatic carbocycles. The summed E-state index contributed by atoms with van der Waals surface area (Å²) < 4.78 is 12.8. The van der Waals surface area contributed by atoms with Crippen molar-refractivity contribution in [2.24, 2.45) is 0 Å². The molecule has 5 rings (SSSR count). The normalized spacial score (nSPS) is 11.4. The van der Waals surface area contributed by atoms with Gasteiger partial charge in [-0.15, -0.1) is 5.10 Å². The van der Waals surface area contributed by atoms with Crippen LogP contribution >= 0.6 is 0 Å². The number of hydrogen-bond acceptors (Lipinski definition) is 7. The van der Waals surface area contributed by atoms with E-state index in [1.54, 1.807) is 18.1 Å². The predicted molar refractivity (Wildman–Crippen MR) is 136 cm³/mol. The van der Waals surface area contributed by atoms with Gasteiger partial charge in [0.05, 0.1) is 19.9 Å². The fourth-order valence-electron chi connectivity index (χ4n) is 4.53. The molecule has 0 saturated carbocycles. The Kier molecular flexibility index (Phi) is 6.64. The number of aryl methyl sites for hydroxylation is 2. The van der Waals surface area contributed by atoms with Crippen LogP contribution in [0.1, 0.15) is 33.8 Å². The third kappa shape index (κ3) is 5.06. The molecule has 5 aromatic rings. The highest BCUT2D eigenvalue weighted by atomic mass is 16.5. The number of rotatable bonds is 9. The second-order valence-corrected chi connectivity index (χ2v) is 8.96. The summed E-state index contributed by atoms with van der Waals surface area (Å²) in [5, 5.41) is 13.3. The zero-order valence-electron chi connectivity index (χ0n) is 20.6. The fourth-order valence-corrected chi connectivity index (χ4v) is 4.53. The average molecular weight is 485 g/mol. The number of fused-ring (bicyclic) bond motifs is 1. The molecule has 0 spiro atoms. The van der Waals surface area contributed by atoms with Gasteiger partial charge in [-0.3, -0.25) is 9.69 Å². The van der Waals surface area contributed by atoms with E-state index in [4.69, 9.17) is 9.15 Å². The highest BCUT2D eigenvalue weighted by Crippen LogP contribution is 2.23. The van der Waals surface area contributed by atoms with Crippen LogP contribution in [-0.2, 0) is 26.2 Å². The Morgan fingerprint density at radius 3 is 2.67 bits per heavy atom. The molecule has 9 heteroatoms.